The summed E-state index contributed by atoms with van der Waals surface area (Å²) in [6.07, 6.45) is 0.817. The molecule has 29 heavy (non-hydrogen) atoms. The fraction of sp³-hybridized carbons (Fsp3) is 0.227. The van der Waals surface area contributed by atoms with Crippen molar-refractivity contribution in [1.82, 2.24) is 15.3 Å². The third-order valence-electron chi connectivity index (χ3n) is 4.37. The van der Waals surface area contributed by atoms with Crippen molar-refractivity contribution in [2.45, 2.75) is 20.3 Å². The van der Waals surface area contributed by atoms with Gasteiger partial charge in [0, 0.05) is 18.5 Å². The smallest absolute Gasteiger partial charge is 0.255 e. The molecule has 0 saturated carbocycles. The summed E-state index contributed by atoms with van der Waals surface area (Å²) in [5.74, 6) is 0.632. The van der Waals surface area contributed by atoms with Crippen LogP contribution in [0.25, 0.3) is 11.3 Å². The molecular formula is C22H23BrN4O2. The zero-order valence-corrected chi connectivity index (χ0v) is 18.0. The average Bonchev–Trinajstić information content (AvgIpc) is 2.69. The Morgan fingerprint density at radius 2 is 1.93 bits per heavy atom. The normalized spacial score (nSPS) is 10.6. The van der Waals surface area contributed by atoms with Crippen LogP contribution in [0.4, 0.5) is 5.95 Å². The molecule has 0 unspecified atom stereocenters. The Kier molecular flexibility index (Phi) is 6.82. The molecule has 2 aromatic carbocycles. The molecule has 3 aromatic rings. The molecular weight excluding hydrogens is 432 g/mol. The van der Waals surface area contributed by atoms with Crippen LogP contribution in [0.3, 0.4) is 0 Å². The highest BCUT2D eigenvalue weighted by Gasteiger charge is 2.19. The molecule has 3 rings (SSSR count). The summed E-state index contributed by atoms with van der Waals surface area (Å²) in [6.45, 7) is 4.69. The molecule has 1 amide bonds. The number of aromatic nitrogens is 2. The Labute approximate surface area is 178 Å². The van der Waals surface area contributed by atoms with Gasteiger partial charge in [-0.1, -0.05) is 30.3 Å². The summed E-state index contributed by atoms with van der Waals surface area (Å²) in [4.78, 5) is 21.0. The highest BCUT2D eigenvalue weighted by atomic mass is 79.9. The summed E-state index contributed by atoms with van der Waals surface area (Å²) >= 11 is 3.56. The topological polar surface area (TPSA) is 90.1 Å². The van der Waals surface area contributed by atoms with Gasteiger partial charge in [0.2, 0.25) is 5.95 Å². The third-order valence-corrected chi connectivity index (χ3v) is 4.99. The summed E-state index contributed by atoms with van der Waals surface area (Å²) in [7, 11) is 0. The van der Waals surface area contributed by atoms with Gasteiger partial charge in [0.15, 0.2) is 0 Å². The lowest BCUT2D eigenvalue weighted by Crippen LogP contribution is -2.25. The first kappa shape index (κ1) is 20.8. The molecule has 0 aliphatic rings. The van der Waals surface area contributed by atoms with Gasteiger partial charge in [0.1, 0.15) is 5.75 Å². The van der Waals surface area contributed by atoms with E-state index in [1.807, 2.05) is 43.3 Å². The summed E-state index contributed by atoms with van der Waals surface area (Å²) < 4.78 is 6.69. The second-order valence-electron chi connectivity index (χ2n) is 6.48. The molecule has 0 spiro atoms. The minimum atomic E-state index is -0.223. The van der Waals surface area contributed by atoms with E-state index in [9.17, 15) is 4.79 Å². The molecule has 0 aliphatic carbocycles. The van der Waals surface area contributed by atoms with Crippen molar-refractivity contribution in [3.8, 4) is 17.0 Å². The van der Waals surface area contributed by atoms with Crippen molar-refractivity contribution >= 4 is 27.8 Å². The van der Waals surface area contributed by atoms with E-state index in [4.69, 9.17) is 10.5 Å². The number of amides is 1. The van der Waals surface area contributed by atoms with Crippen LogP contribution in [0.2, 0.25) is 0 Å². The van der Waals surface area contributed by atoms with Gasteiger partial charge < -0.3 is 15.8 Å². The number of aryl methyl sites for hydroxylation is 1. The predicted molar refractivity (Wildman–Crippen MR) is 118 cm³/mol. The number of halogens is 1. The van der Waals surface area contributed by atoms with E-state index in [2.05, 4.69) is 43.3 Å². The first-order valence-corrected chi connectivity index (χ1v) is 10.2. The number of carbonyl (C=O) groups excluding carboxylic acids is 1. The molecule has 0 atom stereocenters. The number of carbonyl (C=O) groups is 1. The number of ether oxygens (including phenoxy) is 1. The lowest BCUT2D eigenvalue weighted by Gasteiger charge is -2.14. The van der Waals surface area contributed by atoms with Crippen molar-refractivity contribution in [2.75, 3.05) is 18.9 Å². The van der Waals surface area contributed by atoms with E-state index in [0.717, 1.165) is 22.2 Å². The van der Waals surface area contributed by atoms with Crippen molar-refractivity contribution in [2.24, 2.45) is 0 Å². The lowest BCUT2D eigenvalue weighted by molar-refractivity contribution is 0.0955. The number of nitrogens with two attached hydrogens (primary N) is 1. The van der Waals surface area contributed by atoms with Gasteiger partial charge in [-0.3, -0.25) is 4.79 Å². The van der Waals surface area contributed by atoms with E-state index in [1.165, 1.54) is 5.56 Å². The van der Waals surface area contributed by atoms with Gasteiger partial charge in [0.05, 0.1) is 28.0 Å². The largest absolute Gasteiger partial charge is 0.492 e. The minimum absolute atomic E-state index is 0.129. The van der Waals surface area contributed by atoms with E-state index in [-0.39, 0.29) is 11.9 Å². The molecule has 3 N–H and O–H groups in total. The molecule has 6 nitrogen and oxygen atoms in total. The van der Waals surface area contributed by atoms with Crippen LogP contribution in [-0.2, 0) is 6.42 Å². The predicted octanol–water partition coefficient (Wildman–Crippen LogP) is 4.17. The van der Waals surface area contributed by atoms with Gasteiger partial charge in [-0.25, -0.2) is 9.97 Å². The standard InChI is InChI=1S/C22H23BrN4O2/c1-3-25-21(28)19-14(2)26-22(24)27-20(19)16-9-10-18(17(23)13-16)29-12-11-15-7-5-4-6-8-15/h4-10,13H,3,11-12H2,1-2H3,(H,25,28)(H2,24,26,27). The van der Waals surface area contributed by atoms with Crippen LogP contribution in [0.15, 0.2) is 53.0 Å². The maximum atomic E-state index is 12.5. The molecule has 7 heteroatoms. The molecule has 1 heterocycles. The van der Waals surface area contributed by atoms with Gasteiger partial charge in [-0.2, -0.15) is 0 Å². The van der Waals surface area contributed by atoms with Crippen LogP contribution in [0, 0.1) is 6.92 Å². The van der Waals surface area contributed by atoms with Crippen LogP contribution in [0.5, 0.6) is 5.75 Å². The minimum Gasteiger partial charge on any atom is -0.492 e. The van der Waals surface area contributed by atoms with Gasteiger partial charge in [-0.15, -0.1) is 0 Å². The number of hydrogen-bond donors (Lipinski definition) is 2. The van der Waals surface area contributed by atoms with Crippen molar-refractivity contribution in [3.63, 3.8) is 0 Å². The van der Waals surface area contributed by atoms with Crippen LogP contribution >= 0.6 is 15.9 Å². The second kappa shape index (κ2) is 9.52. The van der Waals surface area contributed by atoms with E-state index in [1.54, 1.807) is 6.92 Å². The second-order valence-corrected chi connectivity index (χ2v) is 7.33. The number of benzene rings is 2. The van der Waals surface area contributed by atoms with Crippen molar-refractivity contribution in [3.05, 3.63) is 69.8 Å². The average molecular weight is 455 g/mol. The molecule has 150 valence electrons. The number of nitrogens with zero attached hydrogens (tertiary/aromatic N) is 2. The highest BCUT2D eigenvalue weighted by molar-refractivity contribution is 9.10. The Morgan fingerprint density at radius 1 is 1.17 bits per heavy atom. The Morgan fingerprint density at radius 3 is 2.62 bits per heavy atom. The van der Waals surface area contributed by atoms with Gasteiger partial charge in [0.25, 0.3) is 5.91 Å². The lowest BCUT2D eigenvalue weighted by atomic mass is 10.0. The first-order valence-electron chi connectivity index (χ1n) is 9.38. The fourth-order valence-corrected chi connectivity index (χ4v) is 3.51. The van der Waals surface area contributed by atoms with E-state index in [0.29, 0.717) is 30.1 Å². The zero-order chi connectivity index (χ0) is 20.8. The summed E-state index contributed by atoms with van der Waals surface area (Å²) in [5.41, 5.74) is 9.27. The Balaban J connectivity index is 1.83. The maximum absolute atomic E-state index is 12.5. The number of nitrogen functional groups attached to an aromatic ring is 1. The molecule has 0 radical (unpaired) electrons. The molecule has 0 saturated heterocycles. The molecule has 1 aromatic heterocycles. The van der Waals surface area contributed by atoms with Gasteiger partial charge in [-0.05, 0) is 53.5 Å². The van der Waals surface area contributed by atoms with E-state index < -0.39 is 0 Å². The van der Waals surface area contributed by atoms with Gasteiger partial charge >= 0.3 is 0 Å². The monoisotopic (exact) mass is 454 g/mol. The Hall–Kier alpha value is -2.93. The van der Waals surface area contributed by atoms with Crippen molar-refractivity contribution in [1.29, 1.82) is 0 Å². The quantitative estimate of drug-likeness (QED) is 0.558. The first-order chi connectivity index (χ1) is 14.0. The van der Waals surface area contributed by atoms with E-state index >= 15 is 0 Å². The fourth-order valence-electron chi connectivity index (χ4n) is 3.01. The number of rotatable bonds is 7. The maximum Gasteiger partial charge on any atom is 0.255 e. The number of nitrogens with one attached hydrogen (secondary N) is 1. The van der Waals surface area contributed by atoms with Crippen LogP contribution in [-0.4, -0.2) is 29.0 Å². The molecule has 0 aliphatic heterocycles. The summed E-state index contributed by atoms with van der Waals surface area (Å²) in [6, 6.07) is 15.8. The summed E-state index contributed by atoms with van der Waals surface area (Å²) in [5, 5.41) is 2.81. The molecule has 0 fully saturated rings. The highest BCUT2D eigenvalue weighted by Crippen LogP contribution is 2.32. The zero-order valence-electron chi connectivity index (χ0n) is 16.4. The third kappa shape index (κ3) is 5.12. The number of hydrogen-bond acceptors (Lipinski definition) is 5. The van der Waals surface area contributed by atoms with Crippen LogP contribution in [0.1, 0.15) is 28.5 Å². The van der Waals surface area contributed by atoms with Crippen LogP contribution < -0.4 is 15.8 Å². The number of anilines is 1. The van der Waals surface area contributed by atoms with Crippen molar-refractivity contribution < 1.29 is 9.53 Å². The SMILES string of the molecule is CCNC(=O)c1c(C)nc(N)nc1-c1ccc(OCCc2ccccc2)c(Br)c1. The Bertz CT molecular complexity index is 1010. The molecule has 0 bridgehead atoms.